The van der Waals surface area contributed by atoms with Crippen molar-refractivity contribution in [2.75, 3.05) is 0 Å². The predicted molar refractivity (Wildman–Crippen MR) is 129 cm³/mol. The zero-order chi connectivity index (χ0) is 21.8. The minimum absolute atomic E-state index is 0.113. The molecule has 1 aromatic heterocycles. The molecule has 1 heterocycles. The van der Waals surface area contributed by atoms with Crippen molar-refractivity contribution in [1.29, 1.82) is 0 Å². The molecule has 0 unspecified atom stereocenters. The summed E-state index contributed by atoms with van der Waals surface area (Å²) in [5.74, 6) is 1.84. The summed E-state index contributed by atoms with van der Waals surface area (Å²) in [5.41, 5.74) is 1.52. The van der Waals surface area contributed by atoms with Crippen LogP contribution in [0, 0.1) is 0 Å². The third kappa shape index (κ3) is 4.90. The normalized spacial score (nSPS) is 16.1. The lowest BCUT2D eigenvalue weighted by Gasteiger charge is -2.22. The number of para-hydroxylation sites is 1. The number of ether oxygens (including phenoxy) is 1. The van der Waals surface area contributed by atoms with Crippen LogP contribution in [0.5, 0.6) is 5.75 Å². The molecular weight excluding hydrogens is 454 g/mol. The van der Waals surface area contributed by atoms with Gasteiger partial charge in [-0.2, -0.15) is 9.78 Å². The van der Waals surface area contributed by atoms with Gasteiger partial charge in [0.1, 0.15) is 11.6 Å². The van der Waals surface area contributed by atoms with Crippen LogP contribution in [0.25, 0.3) is 10.9 Å². The lowest BCUT2D eigenvalue weighted by molar-refractivity contribution is 0.216. The number of hydrogen-bond acceptors (Lipinski definition) is 4. The molecule has 1 aliphatic carbocycles. The van der Waals surface area contributed by atoms with Crippen LogP contribution in [0.3, 0.4) is 0 Å². The van der Waals surface area contributed by atoms with Crippen LogP contribution in [0.15, 0.2) is 56.8 Å². The van der Waals surface area contributed by atoms with Gasteiger partial charge in [0.2, 0.25) is 0 Å². The van der Waals surface area contributed by atoms with Gasteiger partial charge in [-0.1, -0.05) is 38.3 Å². The van der Waals surface area contributed by atoms with Gasteiger partial charge in [0.25, 0.3) is 5.56 Å². The van der Waals surface area contributed by atoms with Crippen LogP contribution >= 0.6 is 15.9 Å². The monoisotopic (exact) mass is 481 g/mol. The first-order valence-corrected chi connectivity index (χ1v) is 11.9. The van der Waals surface area contributed by atoms with E-state index in [9.17, 15) is 4.79 Å². The Morgan fingerprint density at radius 1 is 1.23 bits per heavy atom. The summed E-state index contributed by atoms with van der Waals surface area (Å²) in [7, 11) is 0. The fourth-order valence-electron chi connectivity index (χ4n) is 3.99. The maximum Gasteiger partial charge on any atom is 0.282 e. The first kappa shape index (κ1) is 21.8. The van der Waals surface area contributed by atoms with E-state index in [1.807, 2.05) is 49.4 Å². The van der Waals surface area contributed by atoms with Crippen LogP contribution in [0.1, 0.15) is 69.7 Å². The Hall–Kier alpha value is -2.47. The summed E-state index contributed by atoms with van der Waals surface area (Å²) in [4.78, 5) is 18.1. The Morgan fingerprint density at radius 3 is 2.74 bits per heavy atom. The highest BCUT2D eigenvalue weighted by Gasteiger charge is 2.22. The van der Waals surface area contributed by atoms with Gasteiger partial charge in [-0.05, 0) is 78.0 Å². The summed E-state index contributed by atoms with van der Waals surface area (Å²) >= 11 is 3.59. The zero-order valence-electron chi connectivity index (χ0n) is 18.1. The van der Waals surface area contributed by atoms with Gasteiger partial charge >= 0.3 is 0 Å². The van der Waals surface area contributed by atoms with E-state index in [0.29, 0.717) is 5.39 Å². The Kier molecular flexibility index (Phi) is 6.86. The average Bonchev–Trinajstić information content (AvgIpc) is 2.80. The molecule has 0 saturated heterocycles. The summed E-state index contributed by atoms with van der Waals surface area (Å²) in [6.45, 7) is 4.15. The zero-order valence-corrected chi connectivity index (χ0v) is 19.6. The highest BCUT2D eigenvalue weighted by Crippen LogP contribution is 2.32. The maximum absolute atomic E-state index is 13.3. The van der Waals surface area contributed by atoms with E-state index < -0.39 is 0 Å². The maximum atomic E-state index is 13.3. The van der Waals surface area contributed by atoms with Crippen LogP contribution in [0.2, 0.25) is 0 Å². The van der Waals surface area contributed by atoms with E-state index in [1.54, 1.807) is 6.21 Å². The van der Waals surface area contributed by atoms with E-state index in [-0.39, 0.29) is 17.6 Å². The number of halogens is 1. The Morgan fingerprint density at radius 2 is 2.00 bits per heavy atom. The van der Waals surface area contributed by atoms with Gasteiger partial charge in [0.15, 0.2) is 0 Å². The molecule has 0 radical (unpaired) electrons. The fourth-order valence-corrected chi connectivity index (χ4v) is 4.48. The summed E-state index contributed by atoms with van der Waals surface area (Å²) in [6, 6.07) is 13.4. The second-order valence-electron chi connectivity index (χ2n) is 8.21. The third-order valence-electron chi connectivity index (χ3n) is 5.93. The number of hydrogen-bond donors (Lipinski definition) is 0. The van der Waals surface area contributed by atoms with Gasteiger partial charge in [0.05, 0.1) is 27.7 Å². The lowest BCUT2D eigenvalue weighted by atomic mass is 9.88. The van der Waals surface area contributed by atoms with Gasteiger partial charge in [-0.15, -0.1) is 0 Å². The minimum atomic E-state index is -0.113. The van der Waals surface area contributed by atoms with Gasteiger partial charge in [-0.3, -0.25) is 4.79 Å². The molecule has 1 atom stereocenters. The second-order valence-corrected chi connectivity index (χ2v) is 9.06. The molecule has 2 aromatic carbocycles. The highest BCUT2D eigenvalue weighted by atomic mass is 79.9. The molecule has 0 N–H and O–H groups in total. The van der Waals surface area contributed by atoms with Crippen molar-refractivity contribution in [3.8, 4) is 5.75 Å². The quantitative estimate of drug-likeness (QED) is 0.390. The Bertz CT molecular complexity index is 1150. The molecule has 31 heavy (non-hydrogen) atoms. The number of aromatic nitrogens is 2. The summed E-state index contributed by atoms with van der Waals surface area (Å²) in [6.07, 6.45) is 8.50. The molecule has 0 aliphatic heterocycles. The highest BCUT2D eigenvalue weighted by molar-refractivity contribution is 9.10. The topological polar surface area (TPSA) is 56.5 Å². The smallest absolute Gasteiger partial charge is 0.282 e. The van der Waals surface area contributed by atoms with Gasteiger partial charge in [0, 0.05) is 5.92 Å². The van der Waals surface area contributed by atoms with Crippen molar-refractivity contribution in [2.45, 2.75) is 64.4 Å². The van der Waals surface area contributed by atoms with Crippen molar-refractivity contribution in [2.24, 2.45) is 5.10 Å². The first-order chi connectivity index (χ1) is 15.1. The van der Waals surface area contributed by atoms with Crippen LogP contribution < -0.4 is 10.3 Å². The Balaban J connectivity index is 1.71. The molecule has 162 valence electrons. The molecule has 3 aromatic rings. The molecule has 4 rings (SSSR count). The predicted octanol–water partition coefficient (Wildman–Crippen LogP) is 6.27. The number of nitrogens with zero attached hydrogens (tertiary/aromatic N) is 3. The van der Waals surface area contributed by atoms with Crippen molar-refractivity contribution >= 4 is 33.0 Å². The molecular formula is C25H28BrN3O2. The van der Waals surface area contributed by atoms with E-state index in [0.717, 1.165) is 46.4 Å². The van der Waals surface area contributed by atoms with Crippen molar-refractivity contribution in [3.05, 3.63) is 68.7 Å². The van der Waals surface area contributed by atoms with Crippen LogP contribution in [-0.4, -0.2) is 22.0 Å². The average molecular weight is 482 g/mol. The fraction of sp³-hybridized carbons (Fsp3) is 0.400. The minimum Gasteiger partial charge on any atom is -0.490 e. The van der Waals surface area contributed by atoms with Crippen molar-refractivity contribution in [3.63, 3.8) is 0 Å². The van der Waals surface area contributed by atoms with Crippen LogP contribution in [-0.2, 0) is 0 Å². The molecule has 1 fully saturated rings. The summed E-state index contributed by atoms with van der Waals surface area (Å²) < 4.78 is 8.30. The third-order valence-corrected chi connectivity index (χ3v) is 6.55. The van der Waals surface area contributed by atoms with E-state index in [2.05, 4.69) is 28.0 Å². The molecule has 0 spiro atoms. The van der Waals surface area contributed by atoms with Crippen molar-refractivity contribution < 1.29 is 4.74 Å². The summed E-state index contributed by atoms with van der Waals surface area (Å²) in [5, 5.41) is 5.20. The SMILES string of the molecule is CC[C@@H](C)Oc1ccc(C=Nn2c(C3CCCCC3)nc3ccccc3c2=O)cc1Br. The van der Waals surface area contributed by atoms with E-state index >= 15 is 0 Å². The van der Waals surface area contributed by atoms with Gasteiger partial charge in [-0.25, -0.2) is 4.98 Å². The molecule has 0 amide bonds. The molecule has 1 aliphatic rings. The van der Waals surface area contributed by atoms with Crippen LogP contribution in [0.4, 0.5) is 0 Å². The molecule has 0 bridgehead atoms. The van der Waals surface area contributed by atoms with Crippen molar-refractivity contribution in [1.82, 2.24) is 9.66 Å². The lowest BCUT2D eigenvalue weighted by Crippen LogP contribution is -2.25. The largest absolute Gasteiger partial charge is 0.490 e. The molecule has 6 heteroatoms. The standard InChI is InChI=1S/C25H28BrN3O2/c1-3-17(2)31-23-14-13-18(15-21(23)26)16-27-29-24(19-9-5-4-6-10-19)28-22-12-8-7-11-20(22)25(29)30/h7-8,11-17,19H,3-6,9-10H2,1-2H3/t17-/m1/s1. The van der Waals surface area contributed by atoms with E-state index in [1.165, 1.54) is 23.9 Å². The number of fused-ring (bicyclic) bond motifs is 1. The number of benzene rings is 2. The number of rotatable bonds is 6. The first-order valence-electron chi connectivity index (χ1n) is 11.1. The Labute approximate surface area is 191 Å². The molecule has 5 nitrogen and oxygen atoms in total. The second kappa shape index (κ2) is 9.77. The molecule has 1 saturated carbocycles. The van der Waals surface area contributed by atoms with Gasteiger partial charge < -0.3 is 4.74 Å². The van der Waals surface area contributed by atoms with E-state index in [4.69, 9.17) is 9.72 Å².